The third-order valence-corrected chi connectivity index (χ3v) is 3.33. The second-order valence-corrected chi connectivity index (χ2v) is 6.75. The van der Waals surface area contributed by atoms with Crippen LogP contribution in [0.5, 0.6) is 0 Å². The van der Waals surface area contributed by atoms with Gasteiger partial charge >= 0.3 is 0 Å². The Hall–Kier alpha value is -3.54. The molecule has 4 aromatic rings. The molecule has 0 aliphatic heterocycles. The number of fused-ring (bicyclic) bond motifs is 1. The van der Waals surface area contributed by atoms with Crippen molar-refractivity contribution in [3.63, 3.8) is 0 Å². The van der Waals surface area contributed by atoms with Gasteiger partial charge < -0.3 is 9.73 Å². The molecular formula is C23H26N4O2. The minimum Gasteiger partial charge on any atom is -0.436 e. The highest BCUT2D eigenvalue weighted by Crippen LogP contribution is 2.22. The molecule has 29 heavy (non-hydrogen) atoms. The van der Waals surface area contributed by atoms with Crippen LogP contribution >= 0.6 is 0 Å². The number of carbonyl (C=O) groups excluding carboxylic acids is 1. The highest BCUT2D eigenvalue weighted by atomic mass is 16.3. The first-order chi connectivity index (χ1) is 14.0. The maximum Gasteiger partial charge on any atom is 0.269 e. The number of hydrogen-bond donors (Lipinski definition) is 1. The third kappa shape index (κ3) is 7.18. The van der Waals surface area contributed by atoms with Crippen LogP contribution < -0.4 is 5.32 Å². The second kappa shape index (κ2) is 11.3. The molecule has 150 valence electrons. The lowest BCUT2D eigenvalue weighted by molar-refractivity contribution is 0.0958. The van der Waals surface area contributed by atoms with E-state index in [0.29, 0.717) is 11.6 Å². The van der Waals surface area contributed by atoms with E-state index in [9.17, 15) is 4.79 Å². The van der Waals surface area contributed by atoms with Gasteiger partial charge in [-0.25, -0.2) is 4.98 Å². The van der Waals surface area contributed by atoms with Crippen molar-refractivity contribution in [2.45, 2.75) is 20.8 Å². The summed E-state index contributed by atoms with van der Waals surface area (Å²) in [4.78, 5) is 23.1. The number of aromatic nitrogens is 3. The summed E-state index contributed by atoms with van der Waals surface area (Å²) in [5.74, 6) is 1.30. The average Bonchev–Trinajstić information content (AvgIpc) is 3.19. The van der Waals surface area contributed by atoms with Gasteiger partial charge in [-0.05, 0) is 42.3 Å². The zero-order chi connectivity index (χ0) is 21.1. The summed E-state index contributed by atoms with van der Waals surface area (Å²) in [5, 5.41) is 2.48. The molecule has 1 amide bonds. The number of hydrogen-bond acceptors (Lipinski definition) is 5. The van der Waals surface area contributed by atoms with Gasteiger partial charge in [0, 0.05) is 25.6 Å². The lowest BCUT2D eigenvalue weighted by atomic mass is 10.3. The van der Waals surface area contributed by atoms with Gasteiger partial charge in [0.2, 0.25) is 5.89 Å². The van der Waals surface area contributed by atoms with Crippen molar-refractivity contribution >= 4 is 17.0 Å². The molecule has 0 bridgehead atoms. The van der Waals surface area contributed by atoms with Crippen molar-refractivity contribution < 1.29 is 9.21 Å². The lowest BCUT2D eigenvalue weighted by Crippen LogP contribution is -2.18. The molecule has 1 aromatic carbocycles. The Morgan fingerprint density at radius 2 is 1.69 bits per heavy atom. The number of pyridine rings is 2. The molecule has 4 rings (SSSR count). The smallest absolute Gasteiger partial charge is 0.269 e. The van der Waals surface area contributed by atoms with Crippen LogP contribution in [0, 0.1) is 5.92 Å². The van der Waals surface area contributed by atoms with Gasteiger partial charge in [-0.15, -0.1) is 0 Å². The first-order valence-electron chi connectivity index (χ1n) is 9.40. The van der Waals surface area contributed by atoms with Gasteiger partial charge in [0.05, 0.1) is 5.56 Å². The minimum absolute atomic E-state index is 0.152. The zero-order valence-corrected chi connectivity index (χ0v) is 17.2. The average molecular weight is 390 g/mol. The Kier molecular flexibility index (Phi) is 8.51. The van der Waals surface area contributed by atoms with Crippen molar-refractivity contribution in [2.24, 2.45) is 5.92 Å². The molecule has 3 aromatic heterocycles. The molecule has 0 unspecified atom stereocenters. The fraction of sp³-hybridized carbons (Fsp3) is 0.217. The summed E-state index contributed by atoms with van der Waals surface area (Å²) in [6.07, 6.45) is 5.06. The number of benzene rings is 1. The molecule has 0 saturated heterocycles. The van der Waals surface area contributed by atoms with Crippen LogP contribution in [-0.4, -0.2) is 27.9 Å². The number of para-hydroxylation sites is 2. The van der Waals surface area contributed by atoms with Gasteiger partial charge in [0.15, 0.2) is 5.58 Å². The largest absolute Gasteiger partial charge is 0.436 e. The first kappa shape index (κ1) is 21.8. The van der Waals surface area contributed by atoms with Crippen molar-refractivity contribution in [2.75, 3.05) is 7.05 Å². The number of amides is 1. The van der Waals surface area contributed by atoms with E-state index in [-0.39, 0.29) is 5.91 Å². The predicted molar refractivity (Wildman–Crippen MR) is 115 cm³/mol. The van der Waals surface area contributed by atoms with Crippen LogP contribution in [0.4, 0.5) is 0 Å². The maximum atomic E-state index is 10.8. The Morgan fingerprint density at radius 3 is 2.28 bits per heavy atom. The van der Waals surface area contributed by atoms with Crippen LogP contribution in [0.1, 0.15) is 31.3 Å². The molecule has 0 aliphatic carbocycles. The van der Waals surface area contributed by atoms with Crippen LogP contribution in [0.15, 0.2) is 77.6 Å². The predicted octanol–water partition coefficient (Wildman–Crippen LogP) is 4.99. The molecular weight excluding hydrogens is 364 g/mol. The number of nitrogens with one attached hydrogen (secondary N) is 1. The van der Waals surface area contributed by atoms with Crippen LogP contribution in [0.25, 0.3) is 22.6 Å². The van der Waals surface area contributed by atoms with E-state index >= 15 is 0 Å². The Morgan fingerprint density at radius 1 is 0.966 bits per heavy atom. The zero-order valence-electron chi connectivity index (χ0n) is 17.2. The molecule has 0 spiro atoms. The molecule has 6 nitrogen and oxygen atoms in total. The van der Waals surface area contributed by atoms with E-state index < -0.39 is 0 Å². The summed E-state index contributed by atoms with van der Waals surface area (Å²) in [6.45, 7) is 6.50. The Bertz CT molecular complexity index is 963. The molecule has 3 heterocycles. The summed E-state index contributed by atoms with van der Waals surface area (Å²) in [7, 11) is 1.58. The van der Waals surface area contributed by atoms with Crippen LogP contribution in [0.2, 0.25) is 0 Å². The number of rotatable bonds is 2. The van der Waals surface area contributed by atoms with Gasteiger partial charge in [-0.3, -0.25) is 14.8 Å². The van der Waals surface area contributed by atoms with Gasteiger partial charge in [-0.1, -0.05) is 39.0 Å². The Labute approximate surface area is 171 Å². The highest BCUT2D eigenvalue weighted by molar-refractivity contribution is 5.91. The van der Waals surface area contributed by atoms with E-state index in [1.165, 1.54) is 0 Å². The normalized spacial score (nSPS) is 9.83. The molecule has 0 fully saturated rings. The summed E-state index contributed by atoms with van der Waals surface area (Å²) >= 11 is 0. The molecule has 1 N–H and O–H groups in total. The molecule has 0 radical (unpaired) electrons. The van der Waals surface area contributed by atoms with Crippen molar-refractivity contribution in [3.05, 3.63) is 78.9 Å². The lowest BCUT2D eigenvalue weighted by Gasteiger charge is -1.94. The standard InChI is InChI=1S/C12H8N2O.C7H8N2O.C4H10/c1-2-6-11-10(5-1)14-12(15-11)9-4-3-7-13-8-9;1-8-7(10)6-4-2-3-5-9-6;1-4(2)3/h1-8H;2-5H,1H3,(H,8,10);4H,1-3H3. The summed E-state index contributed by atoms with van der Waals surface area (Å²) < 4.78 is 5.60. The number of nitrogens with zero attached hydrogens (tertiary/aromatic N) is 3. The fourth-order valence-corrected chi connectivity index (χ4v) is 2.11. The monoisotopic (exact) mass is 390 g/mol. The topological polar surface area (TPSA) is 80.9 Å². The van der Waals surface area contributed by atoms with E-state index in [1.54, 1.807) is 43.8 Å². The summed E-state index contributed by atoms with van der Waals surface area (Å²) in [5.41, 5.74) is 3.02. The van der Waals surface area contributed by atoms with Crippen LogP contribution in [0.3, 0.4) is 0 Å². The van der Waals surface area contributed by atoms with Crippen molar-refractivity contribution in [3.8, 4) is 11.5 Å². The molecule has 0 aliphatic rings. The fourth-order valence-electron chi connectivity index (χ4n) is 2.11. The first-order valence-corrected chi connectivity index (χ1v) is 9.40. The maximum absolute atomic E-state index is 10.8. The van der Waals surface area contributed by atoms with Gasteiger partial charge in [0.1, 0.15) is 11.2 Å². The third-order valence-electron chi connectivity index (χ3n) is 3.33. The number of carbonyl (C=O) groups is 1. The van der Waals surface area contributed by atoms with E-state index in [4.69, 9.17) is 4.42 Å². The second-order valence-electron chi connectivity index (χ2n) is 6.75. The minimum atomic E-state index is -0.152. The number of oxazole rings is 1. The quantitative estimate of drug-likeness (QED) is 0.521. The SMILES string of the molecule is CC(C)C.CNC(=O)c1ccccn1.c1cncc(-c2nc3ccccc3o2)c1. The van der Waals surface area contributed by atoms with Crippen LogP contribution in [-0.2, 0) is 0 Å². The van der Waals surface area contributed by atoms with Crippen molar-refractivity contribution in [1.82, 2.24) is 20.3 Å². The van der Waals surface area contributed by atoms with Gasteiger partial charge in [-0.2, -0.15) is 0 Å². The summed E-state index contributed by atoms with van der Waals surface area (Å²) in [6, 6.07) is 16.7. The van der Waals surface area contributed by atoms with E-state index in [1.807, 2.05) is 36.4 Å². The molecule has 6 heteroatoms. The van der Waals surface area contributed by atoms with E-state index in [0.717, 1.165) is 22.6 Å². The van der Waals surface area contributed by atoms with Gasteiger partial charge in [0.25, 0.3) is 5.91 Å². The Balaban J connectivity index is 0.000000186. The highest BCUT2D eigenvalue weighted by Gasteiger charge is 2.06. The molecule has 0 atom stereocenters. The van der Waals surface area contributed by atoms with Crippen molar-refractivity contribution in [1.29, 1.82) is 0 Å². The molecule has 0 saturated carbocycles. The van der Waals surface area contributed by atoms with E-state index in [2.05, 4.69) is 41.0 Å².